The average Bonchev–Trinajstić information content (AvgIpc) is 2.89. The van der Waals surface area contributed by atoms with Gasteiger partial charge in [-0.05, 0) is 35.6 Å². The summed E-state index contributed by atoms with van der Waals surface area (Å²) in [5, 5.41) is 3.57. The first kappa shape index (κ1) is 11.7. The summed E-state index contributed by atoms with van der Waals surface area (Å²) >= 11 is 3.55. The standard InChI is InChI=1S/C15H12BrN5/c16-8-1-2-9-7(3-8)4-10-11(9)12(10)21-15-13-14(18-5-17-13)19-6-20-15/h1-3,5-6,10-12H,4H2,(H2,17,18,19,20,21)/t10-,11+,12+/m1/s1. The van der Waals surface area contributed by atoms with Crippen LogP contribution in [0.25, 0.3) is 11.2 Å². The molecule has 0 saturated heterocycles. The third kappa shape index (κ3) is 1.65. The highest BCUT2D eigenvalue weighted by Crippen LogP contribution is 2.57. The van der Waals surface area contributed by atoms with Gasteiger partial charge < -0.3 is 10.3 Å². The van der Waals surface area contributed by atoms with Gasteiger partial charge in [0.15, 0.2) is 11.5 Å². The number of rotatable bonds is 2. The highest BCUT2D eigenvalue weighted by Gasteiger charge is 2.56. The largest absolute Gasteiger partial charge is 0.364 e. The van der Waals surface area contributed by atoms with Crippen molar-refractivity contribution < 1.29 is 0 Å². The second-order valence-corrected chi connectivity index (χ2v) is 6.65. The molecule has 1 aromatic carbocycles. The van der Waals surface area contributed by atoms with Gasteiger partial charge in [0.2, 0.25) is 0 Å². The van der Waals surface area contributed by atoms with Crippen LogP contribution in [-0.2, 0) is 6.42 Å². The van der Waals surface area contributed by atoms with Crippen molar-refractivity contribution in [2.24, 2.45) is 5.92 Å². The highest BCUT2D eigenvalue weighted by molar-refractivity contribution is 9.10. The Bertz CT molecular complexity index is 858. The van der Waals surface area contributed by atoms with E-state index < -0.39 is 0 Å². The predicted octanol–water partition coefficient (Wildman–Crippen LogP) is 2.87. The van der Waals surface area contributed by atoms with Gasteiger partial charge in [0.1, 0.15) is 11.8 Å². The lowest BCUT2D eigenvalue weighted by molar-refractivity contribution is 0.821. The maximum atomic E-state index is 4.36. The average molecular weight is 342 g/mol. The Kier molecular flexibility index (Phi) is 2.25. The maximum absolute atomic E-state index is 4.36. The van der Waals surface area contributed by atoms with Crippen molar-refractivity contribution >= 4 is 32.9 Å². The van der Waals surface area contributed by atoms with E-state index >= 15 is 0 Å². The fraction of sp³-hybridized carbons (Fsp3) is 0.267. The van der Waals surface area contributed by atoms with Crippen LogP contribution >= 0.6 is 15.9 Å². The van der Waals surface area contributed by atoms with Crippen LogP contribution in [0.5, 0.6) is 0 Å². The molecule has 5 rings (SSSR count). The van der Waals surface area contributed by atoms with Crippen LogP contribution in [0, 0.1) is 5.92 Å². The molecule has 5 nitrogen and oxygen atoms in total. The molecular weight excluding hydrogens is 330 g/mol. The topological polar surface area (TPSA) is 66.5 Å². The van der Waals surface area contributed by atoms with Crippen LogP contribution in [-0.4, -0.2) is 26.0 Å². The van der Waals surface area contributed by atoms with Gasteiger partial charge in [0, 0.05) is 16.4 Å². The Morgan fingerprint density at radius 1 is 1.24 bits per heavy atom. The third-order valence-electron chi connectivity index (χ3n) is 4.61. The second-order valence-electron chi connectivity index (χ2n) is 5.73. The lowest BCUT2D eigenvalue weighted by Gasteiger charge is -2.10. The van der Waals surface area contributed by atoms with E-state index in [1.54, 1.807) is 12.7 Å². The number of benzene rings is 1. The van der Waals surface area contributed by atoms with Gasteiger partial charge in [0.05, 0.1) is 6.33 Å². The lowest BCUT2D eigenvalue weighted by Crippen LogP contribution is -2.11. The van der Waals surface area contributed by atoms with E-state index in [1.165, 1.54) is 15.6 Å². The van der Waals surface area contributed by atoms with Gasteiger partial charge >= 0.3 is 0 Å². The van der Waals surface area contributed by atoms with Gasteiger partial charge in [-0.25, -0.2) is 15.0 Å². The number of halogens is 1. The highest BCUT2D eigenvalue weighted by atomic mass is 79.9. The molecule has 104 valence electrons. The Morgan fingerprint density at radius 2 is 2.19 bits per heavy atom. The molecule has 0 radical (unpaired) electrons. The molecule has 0 amide bonds. The van der Waals surface area contributed by atoms with Crippen molar-refractivity contribution in [2.45, 2.75) is 18.4 Å². The fourth-order valence-corrected chi connectivity index (χ4v) is 4.02. The Hall–Kier alpha value is -1.95. The molecule has 1 fully saturated rings. The van der Waals surface area contributed by atoms with Crippen LogP contribution < -0.4 is 5.32 Å². The summed E-state index contributed by atoms with van der Waals surface area (Å²) < 4.78 is 1.17. The van der Waals surface area contributed by atoms with Crippen molar-refractivity contribution in [1.82, 2.24) is 19.9 Å². The number of H-pyrrole nitrogens is 1. The van der Waals surface area contributed by atoms with Gasteiger partial charge in [-0.1, -0.05) is 22.0 Å². The van der Waals surface area contributed by atoms with Gasteiger partial charge in [0.25, 0.3) is 0 Å². The normalized spacial score (nSPS) is 25.7. The molecule has 2 aliphatic rings. The van der Waals surface area contributed by atoms with E-state index in [-0.39, 0.29) is 0 Å². The molecule has 1 saturated carbocycles. The smallest absolute Gasteiger partial charge is 0.182 e. The van der Waals surface area contributed by atoms with Crippen molar-refractivity contribution in [2.75, 3.05) is 5.32 Å². The Labute approximate surface area is 129 Å². The molecule has 6 heteroatoms. The molecule has 2 N–H and O–H groups in total. The number of nitrogens with one attached hydrogen (secondary N) is 2. The first-order valence-electron chi connectivity index (χ1n) is 7.00. The molecular formula is C15H12BrN5. The number of hydrogen-bond acceptors (Lipinski definition) is 4. The SMILES string of the molecule is Brc1ccc2c(c1)C[C@H]1[C@H](Nc3ncnc4nc[nH]c34)[C@@H]21. The van der Waals surface area contributed by atoms with E-state index in [0.29, 0.717) is 23.5 Å². The zero-order chi connectivity index (χ0) is 14.0. The first-order valence-corrected chi connectivity index (χ1v) is 7.79. The number of aromatic amines is 1. The molecule has 21 heavy (non-hydrogen) atoms. The van der Waals surface area contributed by atoms with Crippen molar-refractivity contribution in [3.63, 3.8) is 0 Å². The first-order chi connectivity index (χ1) is 10.3. The third-order valence-corrected chi connectivity index (χ3v) is 5.11. The molecule has 2 aliphatic carbocycles. The summed E-state index contributed by atoms with van der Waals surface area (Å²) in [5.41, 5.74) is 4.56. The van der Waals surface area contributed by atoms with E-state index in [4.69, 9.17) is 0 Å². The number of imidazole rings is 1. The predicted molar refractivity (Wildman–Crippen MR) is 83.2 cm³/mol. The molecule has 0 bridgehead atoms. The molecule has 3 aromatic rings. The summed E-state index contributed by atoms with van der Waals surface area (Å²) in [7, 11) is 0. The molecule has 0 spiro atoms. The monoisotopic (exact) mass is 341 g/mol. The zero-order valence-electron chi connectivity index (χ0n) is 11.0. The minimum Gasteiger partial charge on any atom is -0.364 e. The number of nitrogens with zero attached hydrogens (tertiary/aromatic N) is 3. The van der Waals surface area contributed by atoms with E-state index in [0.717, 1.165) is 17.8 Å². The molecule has 2 heterocycles. The lowest BCUT2D eigenvalue weighted by atomic mass is 10.1. The van der Waals surface area contributed by atoms with Crippen molar-refractivity contribution in [1.29, 1.82) is 0 Å². The summed E-state index contributed by atoms with van der Waals surface area (Å²) in [6, 6.07) is 7.10. The molecule has 0 aliphatic heterocycles. The van der Waals surface area contributed by atoms with Crippen LogP contribution in [0.15, 0.2) is 35.3 Å². The quantitative estimate of drug-likeness (QED) is 0.752. The van der Waals surface area contributed by atoms with E-state index in [1.807, 2.05) is 0 Å². The van der Waals surface area contributed by atoms with Crippen molar-refractivity contribution in [3.8, 4) is 0 Å². The van der Waals surface area contributed by atoms with E-state index in [2.05, 4.69) is 59.4 Å². The number of anilines is 1. The number of aromatic nitrogens is 4. The minimum atomic E-state index is 0.472. The molecule has 0 unspecified atom stereocenters. The van der Waals surface area contributed by atoms with Crippen LogP contribution in [0.3, 0.4) is 0 Å². The minimum absolute atomic E-state index is 0.472. The van der Waals surface area contributed by atoms with Gasteiger partial charge in [-0.3, -0.25) is 0 Å². The Morgan fingerprint density at radius 3 is 3.14 bits per heavy atom. The number of fused-ring (bicyclic) bond motifs is 4. The zero-order valence-corrected chi connectivity index (χ0v) is 12.6. The summed E-state index contributed by atoms with van der Waals surface area (Å²) in [6.07, 6.45) is 4.37. The Balaban J connectivity index is 1.45. The van der Waals surface area contributed by atoms with E-state index in [9.17, 15) is 0 Å². The summed E-state index contributed by atoms with van der Waals surface area (Å²) in [6.45, 7) is 0. The molecule has 2 aromatic heterocycles. The summed E-state index contributed by atoms with van der Waals surface area (Å²) in [5.74, 6) is 2.15. The number of hydrogen-bond donors (Lipinski definition) is 2. The van der Waals surface area contributed by atoms with Crippen LogP contribution in [0.4, 0.5) is 5.82 Å². The molecule has 3 atom stereocenters. The maximum Gasteiger partial charge on any atom is 0.182 e. The second kappa shape index (κ2) is 4.04. The fourth-order valence-electron chi connectivity index (χ4n) is 3.61. The van der Waals surface area contributed by atoms with Crippen LogP contribution in [0.2, 0.25) is 0 Å². The van der Waals surface area contributed by atoms with Crippen molar-refractivity contribution in [3.05, 3.63) is 46.5 Å². The van der Waals surface area contributed by atoms with Gasteiger partial charge in [-0.2, -0.15) is 0 Å². The summed E-state index contributed by atoms with van der Waals surface area (Å²) in [4.78, 5) is 15.8. The van der Waals surface area contributed by atoms with Gasteiger partial charge in [-0.15, -0.1) is 0 Å². The van der Waals surface area contributed by atoms with Crippen LogP contribution in [0.1, 0.15) is 17.0 Å².